The van der Waals surface area contributed by atoms with E-state index < -0.39 is 9.84 Å². The molecule has 1 N–H and O–H groups in total. The maximum absolute atomic E-state index is 11.9. The molecule has 0 radical (unpaired) electrons. The largest absolute Gasteiger partial charge is 0.382 e. The molecular weight excluding hydrogens is 258 g/mol. The molecule has 108 valence electrons. The van der Waals surface area contributed by atoms with E-state index in [1.165, 1.54) is 0 Å². The van der Waals surface area contributed by atoms with Gasteiger partial charge in [-0.3, -0.25) is 0 Å². The lowest BCUT2D eigenvalue weighted by atomic mass is 10.1. The molecule has 0 bridgehead atoms. The lowest BCUT2D eigenvalue weighted by Gasteiger charge is -2.17. The molecule has 0 saturated carbocycles. The Balaban J connectivity index is 2.76. The zero-order valence-electron chi connectivity index (χ0n) is 12.1. The fourth-order valence-corrected chi connectivity index (χ4v) is 3.43. The first kappa shape index (κ1) is 16.0. The standard InChI is InChI=1S/C15H25NO2S/c1-4-7-13(6-3)16-14-8-10-15(11-9-14)19(17,18)12-5-2/h8-11,13,16H,4-7,12H2,1-3H3. The average molecular weight is 283 g/mol. The monoisotopic (exact) mass is 283 g/mol. The zero-order chi connectivity index (χ0) is 14.3. The molecule has 0 fully saturated rings. The van der Waals surface area contributed by atoms with Crippen molar-refractivity contribution in [2.24, 2.45) is 0 Å². The molecule has 0 heterocycles. The van der Waals surface area contributed by atoms with Crippen molar-refractivity contribution < 1.29 is 8.42 Å². The topological polar surface area (TPSA) is 46.2 Å². The first-order valence-electron chi connectivity index (χ1n) is 7.12. The highest BCUT2D eigenvalue weighted by Gasteiger charge is 2.13. The van der Waals surface area contributed by atoms with Gasteiger partial charge in [-0.25, -0.2) is 8.42 Å². The van der Waals surface area contributed by atoms with E-state index in [0.29, 0.717) is 17.4 Å². The molecule has 0 saturated heterocycles. The fourth-order valence-electron chi connectivity index (χ4n) is 2.11. The van der Waals surface area contributed by atoms with E-state index in [1.807, 2.05) is 19.1 Å². The van der Waals surface area contributed by atoms with Crippen molar-refractivity contribution in [3.8, 4) is 0 Å². The Kier molecular flexibility index (Phi) is 6.35. The summed E-state index contributed by atoms with van der Waals surface area (Å²) in [5.74, 6) is 0.215. The molecule has 19 heavy (non-hydrogen) atoms. The number of benzene rings is 1. The summed E-state index contributed by atoms with van der Waals surface area (Å²) in [7, 11) is -3.10. The first-order valence-corrected chi connectivity index (χ1v) is 8.78. The van der Waals surface area contributed by atoms with E-state index >= 15 is 0 Å². The predicted octanol–water partition coefficient (Wildman–Crippen LogP) is 3.86. The van der Waals surface area contributed by atoms with Crippen LogP contribution in [0.4, 0.5) is 5.69 Å². The molecule has 0 aromatic heterocycles. The molecule has 0 aliphatic rings. The van der Waals surface area contributed by atoms with Gasteiger partial charge >= 0.3 is 0 Å². The first-order chi connectivity index (χ1) is 9.03. The Morgan fingerprint density at radius 1 is 1.05 bits per heavy atom. The van der Waals surface area contributed by atoms with E-state index in [0.717, 1.165) is 24.9 Å². The van der Waals surface area contributed by atoms with Gasteiger partial charge in [-0.05, 0) is 43.5 Å². The van der Waals surface area contributed by atoms with Crippen molar-refractivity contribution in [2.75, 3.05) is 11.1 Å². The van der Waals surface area contributed by atoms with Crippen molar-refractivity contribution in [3.05, 3.63) is 24.3 Å². The molecule has 0 aliphatic carbocycles. The Bertz CT molecular complexity index is 465. The SMILES string of the molecule is CCCC(CC)Nc1ccc(S(=O)(=O)CCC)cc1. The molecule has 1 rings (SSSR count). The second-order valence-corrected chi connectivity index (χ2v) is 6.99. The summed E-state index contributed by atoms with van der Waals surface area (Å²) in [5.41, 5.74) is 0.996. The maximum atomic E-state index is 11.9. The molecule has 1 aromatic carbocycles. The number of sulfone groups is 1. The van der Waals surface area contributed by atoms with Gasteiger partial charge in [0.05, 0.1) is 10.6 Å². The van der Waals surface area contributed by atoms with Crippen LogP contribution >= 0.6 is 0 Å². The van der Waals surface area contributed by atoms with Gasteiger partial charge in [0.2, 0.25) is 0 Å². The van der Waals surface area contributed by atoms with Crippen molar-refractivity contribution >= 4 is 15.5 Å². The second-order valence-electron chi connectivity index (χ2n) is 4.88. The van der Waals surface area contributed by atoms with Crippen molar-refractivity contribution in [1.82, 2.24) is 0 Å². The van der Waals surface area contributed by atoms with Gasteiger partial charge in [0.1, 0.15) is 0 Å². The average Bonchev–Trinajstić information content (AvgIpc) is 2.39. The highest BCUT2D eigenvalue weighted by Crippen LogP contribution is 2.18. The van der Waals surface area contributed by atoms with E-state index in [-0.39, 0.29) is 5.75 Å². The minimum Gasteiger partial charge on any atom is -0.382 e. The molecule has 0 amide bonds. The van der Waals surface area contributed by atoms with Crippen LogP contribution in [0.5, 0.6) is 0 Å². The van der Waals surface area contributed by atoms with E-state index in [1.54, 1.807) is 12.1 Å². The van der Waals surface area contributed by atoms with Crippen molar-refractivity contribution in [2.45, 2.75) is 57.4 Å². The summed E-state index contributed by atoms with van der Waals surface area (Å²) < 4.78 is 23.8. The van der Waals surface area contributed by atoms with Gasteiger partial charge in [0, 0.05) is 11.7 Å². The lowest BCUT2D eigenvalue weighted by Crippen LogP contribution is -2.17. The molecular formula is C15H25NO2S. The van der Waals surface area contributed by atoms with Crippen LogP contribution in [0.2, 0.25) is 0 Å². The summed E-state index contributed by atoms with van der Waals surface area (Å²) in [6.07, 6.45) is 4.00. The quantitative estimate of drug-likeness (QED) is 0.788. The predicted molar refractivity (Wildman–Crippen MR) is 81.4 cm³/mol. The Morgan fingerprint density at radius 3 is 2.16 bits per heavy atom. The molecule has 0 spiro atoms. The Labute approximate surface area is 117 Å². The minimum absolute atomic E-state index is 0.215. The number of anilines is 1. The highest BCUT2D eigenvalue weighted by molar-refractivity contribution is 7.91. The van der Waals surface area contributed by atoms with Crippen LogP contribution in [0, 0.1) is 0 Å². The zero-order valence-corrected chi connectivity index (χ0v) is 13.0. The van der Waals surface area contributed by atoms with Gasteiger partial charge in [-0.2, -0.15) is 0 Å². The molecule has 1 unspecified atom stereocenters. The third kappa shape index (κ3) is 4.86. The summed E-state index contributed by atoms with van der Waals surface area (Å²) >= 11 is 0. The van der Waals surface area contributed by atoms with Crippen LogP contribution in [0.15, 0.2) is 29.2 Å². The van der Waals surface area contributed by atoms with E-state index in [4.69, 9.17) is 0 Å². The molecule has 4 heteroatoms. The van der Waals surface area contributed by atoms with Crippen molar-refractivity contribution in [1.29, 1.82) is 0 Å². The van der Waals surface area contributed by atoms with Gasteiger partial charge in [-0.1, -0.05) is 27.2 Å². The second kappa shape index (κ2) is 7.53. The maximum Gasteiger partial charge on any atom is 0.178 e. The third-order valence-corrected chi connectivity index (χ3v) is 5.12. The normalized spacial score (nSPS) is 13.2. The third-order valence-electron chi connectivity index (χ3n) is 3.19. The number of rotatable bonds is 8. The summed E-state index contributed by atoms with van der Waals surface area (Å²) in [5, 5.41) is 3.45. The van der Waals surface area contributed by atoms with Crippen LogP contribution in [0.25, 0.3) is 0 Å². The van der Waals surface area contributed by atoms with Crippen LogP contribution in [0.3, 0.4) is 0 Å². The number of nitrogens with one attached hydrogen (secondary N) is 1. The number of hydrogen-bond acceptors (Lipinski definition) is 3. The summed E-state index contributed by atoms with van der Waals surface area (Å²) in [4.78, 5) is 0.420. The molecule has 3 nitrogen and oxygen atoms in total. The summed E-state index contributed by atoms with van der Waals surface area (Å²) in [6.45, 7) is 6.21. The van der Waals surface area contributed by atoms with E-state index in [9.17, 15) is 8.42 Å². The molecule has 1 atom stereocenters. The summed E-state index contributed by atoms with van der Waals surface area (Å²) in [6, 6.07) is 7.59. The van der Waals surface area contributed by atoms with Crippen LogP contribution in [0.1, 0.15) is 46.5 Å². The van der Waals surface area contributed by atoms with E-state index in [2.05, 4.69) is 19.2 Å². The smallest absolute Gasteiger partial charge is 0.178 e. The van der Waals surface area contributed by atoms with Crippen LogP contribution in [-0.2, 0) is 9.84 Å². The molecule has 1 aromatic rings. The fraction of sp³-hybridized carbons (Fsp3) is 0.600. The number of hydrogen-bond donors (Lipinski definition) is 1. The Morgan fingerprint density at radius 2 is 1.68 bits per heavy atom. The van der Waals surface area contributed by atoms with Gasteiger partial charge in [0.25, 0.3) is 0 Å². The van der Waals surface area contributed by atoms with Crippen LogP contribution in [-0.4, -0.2) is 20.2 Å². The highest BCUT2D eigenvalue weighted by atomic mass is 32.2. The van der Waals surface area contributed by atoms with Gasteiger partial charge in [-0.15, -0.1) is 0 Å². The lowest BCUT2D eigenvalue weighted by molar-refractivity contribution is 0.594. The Hall–Kier alpha value is -1.03. The van der Waals surface area contributed by atoms with Gasteiger partial charge in [0.15, 0.2) is 9.84 Å². The van der Waals surface area contributed by atoms with Crippen molar-refractivity contribution in [3.63, 3.8) is 0 Å². The van der Waals surface area contributed by atoms with Crippen LogP contribution < -0.4 is 5.32 Å². The van der Waals surface area contributed by atoms with Gasteiger partial charge < -0.3 is 5.32 Å². The molecule has 0 aliphatic heterocycles. The minimum atomic E-state index is -3.10.